The van der Waals surface area contributed by atoms with Crippen molar-refractivity contribution in [1.29, 1.82) is 0 Å². The van der Waals surface area contributed by atoms with Crippen LogP contribution < -0.4 is 5.73 Å². The van der Waals surface area contributed by atoms with Crippen molar-refractivity contribution in [3.63, 3.8) is 0 Å². The highest BCUT2D eigenvalue weighted by Gasteiger charge is 2.07. The van der Waals surface area contributed by atoms with E-state index in [1.165, 1.54) is 0 Å². The van der Waals surface area contributed by atoms with Crippen LogP contribution in [0.2, 0.25) is 0 Å². The lowest BCUT2D eigenvalue weighted by atomic mass is 10.1. The quantitative estimate of drug-likeness (QED) is 0.808. The highest BCUT2D eigenvalue weighted by Crippen LogP contribution is 2.12. The number of amides is 1. The van der Waals surface area contributed by atoms with E-state index in [0.29, 0.717) is 12.1 Å². The normalized spacial score (nSPS) is 9.80. The first-order valence-corrected chi connectivity index (χ1v) is 4.76. The zero-order valence-corrected chi connectivity index (χ0v) is 9.16. The summed E-state index contributed by atoms with van der Waals surface area (Å²) >= 11 is 0. The summed E-state index contributed by atoms with van der Waals surface area (Å²) in [5.41, 5.74) is 8.00. The predicted octanol–water partition coefficient (Wildman–Crippen LogP) is 1.36. The summed E-state index contributed by atoms with van der Waals surface area (Å²) in [5, 5.41) is 0. The van der Waals surface area contributed by atoms with E-state index >= 15 is 0 Å². The molecule has 0 saturated carbocycles. The van der Waals surface area contributed by atoms with Crippen LogP contribution in [0.15, 0.2) is 30.8 Å². The van der Waals surface area contributed by atoms with Crippen molar-refractivity contribution in [1.82, 2.24) is 4.90 Å². The standard InChI is InChI=1S/C12H16N2O/c1-9(8-13)10-4-6-11(7-5-10)12(15)14(2)3/h4-7H,1,8,13H2,2-3H3. The van der Waals surface area contributed by atoms with Crippen LogP contribution in [-0.2, 0) is 0 Å². The average Bonchev–Trinajstić information content (AvgIpc) is 2.27. The van der Waals surface area contributed by atoms with Gasteiger partial charge in [-0.3, -0.25) is 4.79 Å². The van der Waals surface area contributed by atoms with E-state index < -0.39 is 0 Å². The molecule has 0 aromatic heterocycles. The Morgan fingerprint density at radius 2 is 1.73 bits per heavy atom. The molecule has 1 amide bonds. The van der Waals surface area contributed by atoms with Gasteiger partial charge in [-0.1, -0.05) is 18.7 Å². The first kappa shape index (κ1) is 11.5. The molecule has 0 aliphatic carbocycles. The maximum Gasteiger partial charge on any atom is 0.253 e. The zero-order chi connectivity index (χ0) is 11.4. The third-order valence-electron chi connectivity index (χ3n) is 2.19. The fraction of sp³-hybridized carbons (Fsp3) is 0.250. The lowest BCUT2D eigenvalue weighted by Crippen LogP contribution is -2.21. The summed E-state index contributed by atoms with van der Waals surface area (Å²) in [6.45, 7) is 4.26. The molecule has 0 saturated heterocycles. The van der Waals surface area contributed by atoms with Crippen molar-refractivity contribution in [2.45, 2.75) is 0 Å². The second-order valence-corrected chi connectivity index (χ2v) is 3.58. The van der Waals surface area contributed by atoms with Gasteiger partial charge in [-0.2, -0.15) is 0 Å². The van der Waals surface area contributed by atoms with E-state index in [4.69, 9.17) is 5.73 Å². The Morgan fingerprint density at radius 1 is 1.27 bits per heavy atom. The van der Waals surface area contributed by atoms with Crippen molar-refractivity contribution < 1.29 is 4.79 Å². The molecular formula is C12H16N2O. The molecule has 3 nitrogen and oxygen atoms in total. The summed E-state index contributed by atoms with van der Waals surface area (Å²) in [7, 11) is 3.46. The monoisotopic (exact) mass is 204 g/mol. The fourth-order valence-corrected chi connectivity index (χ4v) is 1.22. The smallest absolute Gasteiger partial charge is 0.253 e. The molecule has 1 aromatic rings. The molecule has 1 rings (SSSR count). The van der Waals surface area contributed by atoms with Gasteiger partial charge in [0, 0.05) is 26.2 Å². The molecule has 0 fully saturated rings. The number of benzene rings is 1. The van der Waals surface area contributed by atoms with Gasteiger partial charge in [0.25, 0.3) is 5.91 Å². The molecule has 80 valence electrons. The van der Waals surface area contributed by atoms with Crippen LogP contribution in [0, 0.1) is 0 Å². The molecule has 0 radical (unpaired) electrons. The Bertz CT molecular complexity index is 366. The van der Waals surface area contributed by atoms with Gasteiger partial charge >= 0.3 is 0 Å². The summed E-state index contributed by atoms with van der Waals surface area (Å²) in [6, 6.07) is 7.31. The molecular weight excluding hydrogens is 188 g/mol. The number of hydrogen-bond acceptors (Lipinski definition) is 2. The Labute approximate surface area is 90.2 Å². The Hall–Kier alpha value is -1.61. The second-order valence-electron chi connectivity index (χ2n) is 3.58. The van der Waals surface area contributed by atoms with E-state index in [9.17, 15) is 4.79 Å². The van der Waals surface area contributed by atoms with Crippen LogP contribution in [-0.4, -0.2) is 31.4 Å². The number of carbonyl (C=O) groups is 1. The van der Waals surface area contributed by atoms with Crippen molar-refractivity contribution >= 4 is 11.5 Å². The molecule has 0 atom stereocenters. The molecule has 0 spiro atoms. The van der Waals surface area contributed by atoms with Gasteiger partial charge in [-0.25, -0.2) is 0 Å². The Balaban J connectivity index is 2.90. The maximum absolute atomic E-state index is 11.6. The average molecular weight is 204 g/mol. The highest BCUT2D eigenvalue weighted by molar-refractivity contribution is 5.94. The van der Waals surface area contributed by atoms with E-state index in [2.05, 4.69) is 6.58 Å². The van der Waals surface area contributed by atoms with Crippen LogP contribution in [0.3, 0.4) is 0 Å². The zero-order valence-electron chi connectivity index (χ0n) is 9.16. The summed E-state index contributed by atoms with van der Waals surface area (Å²) in [6.07, 6.45) is 0. The fourth-order valence-electron chi connectivity index (χ4n) is 1.22. The first-order valence-electron chi connectivity index (χ1n) is 4.76. The van der Waals surface area contributed by atoms with Crippen molar-refractivity contribution in [3.8, 4) is 0 Å². The van der Waals surface area contributed by atoms with Crippen LogP contribution >= 0.6 is 0 Å². The third kappa shape index (κ3) is 2.67. The molecule has 0 bridgehead atoms. The van der Waals surface area contributed by atoms with Crippen molar-refractivity contribution in [2.24, 2.45) is 5.73 Å². The van der Waals surface area contributed by atoms with Crippen molar-refractivity contribution in [3.05, 3.63) is 42.0 Å². The number of nitrogens with two attached hydrogens (primary N) is 1. The first-order chi connectivity index (χ1) is 7.06. The highest BCUT2D eigenvalue weighted by atomic mass is 16.2. The molecule has 0 heterocycles. The maximum atomic E-state index is 11.6. The van der Waals surface area contributed by atoms with Crippen LogP contribution in [0.4, 0.5) is 0 Å². The lowest BCUT2D eigenvalue weighted by molar-refractivity contribution is 0.0827. The molecule has 3 heteroatoms. The summed E-state index contributed by atoms with van der Waals surface area (Å²) in [4.78, 5) is 13.1. The number of nitrogens with zero attached hydrogens (tertiary/aromatic N) is 1. The Morgan fingerprint density at radius 3 is 2.13 bits per heavy atom. The number of rotatable bonds is 3. The van der Waals surface area contributed by atoms with Gasteiger partial charge in [0.1, 0.15) is 0 Å². The molecule has 15 heavy (non-hydrogen) atoms. The number of hydrogen-bond donors (Lipinski definition) is 1. The minimum Gasteiger partial charge on any atom is -0.345 e. The minimum atomic E-state index is -0.0000827. The lowest BCUT2D eigenvalue weighted by Gasteiger charge is -2.10. The molecule has 0 aliphatic heterocycles. The SMILES string of the molecule is C=C(CN)c1ccc(C(=O)N(C)C)cc1. The summed E-state index contributed by atoms with van der Waals surface area (Å²) < 4.78 is 0. The molecule has 0 unspecified atom stereocenters. The van der Waals surface area contributed by atoms with Gasteiger partial charge in [-0.15, -0.1) is 0 Å². The number of carbonyl (C=O) groups excluding carboxylic acids is 1. The van der Waals surface area contributed by atoms with Crippen LogP contribution in [0.1, 0.15) is 15.9 Å². The van der Waals surface area contributed by atoms with Gasteiger partial charge in [0.2, 0.25) is 0 Å². The predicted molar refractivity (Wildman–Crippen MR) is 62.5 cm³/mol. The van der Waals surface area contributed by atoms with E-state index in [-0.39, 0.29) is 5.91 Å². The molecule has 0 aliphatic rings. The molecule has 2 N–H and O–H groups in total. The minimum absolute atomic E-state index is 0.0000827. The largest absolute Gasteiger partial charge is 0.345 e. The van der Waals surface area contributed by atoms with Crippen molar-refractivity contribution in [2.75, 3.05) is 20.6 Å². The van der Waals surface area contributed by atoms with Gasteiger partial charge < -0.3 is 10.6 Å². The van der Waals surface area contributed by atoms with Gasteiger partial charge in [-0.05, 0) is 23.3 Å². The van der Waals surface area contributed by atoms with E-state index in [1.54, 1.807) is 31.1 Å². The topological polar surface area (TPSA) is 46.3 Å². The van der Waals surface area contributed by atoms with E-state index in [0.717, 1.165) is 11.1 Å². The third-order valence-corrected chi connectivity index (χ3v) is 2.19. The second kappa shape index (κ2) is 4.75. The van der Waals surface area contributed by atoms with Gasteiger partial charge in [0.15, 0.2) is 0 Å². The van der Waals surface area contributed by atoms with E-state index in [1.807, 2.05) is 12.1 Å². The van der Waals surface area contributed by atoms with Gasteiger partial charge in [0.05, 0.1) is 0 Å². The summed E-state index contributed by atoms with van der Waals surface area (Å²) in [5.74, 6) is -0.0000827. The molecule has 1 aromatic carbocycles. The van der Waals surface area contributed by atoms with Crippen LogP contribution in [0.5, 0.6) is 0 Å². The Kier molecular flexibility index (Phi) is 3.63. The van der Waals surface area contributed by atoms with Crippen LogP contribution in [0.25, 0.3) is 5.57 Å².